The molecule has 0 N–H and O–H groups in total. The van der Waals surface area contributed by atoms with Gasteiger partial charge in [0.15, 0.2) is 0 Å². The minimum absolute atomic E-state index is 0.0841. The Kier molecular flexibility index (Phi) is 6.37. The number of halogens is 1. The van der Waals surface area contributed by atoms with E-state index in [1.165, 1.54) is 0 Å². The van der Waals surface area contributed by atoms with Gasteiger partial charge >= 0.3 is 0 Å². The largest absolute Gasteiger partial charge is 0.496 e. The Balaban J connectivity index is 1.43. The Bertz CT molecular complexity index is 1120. The monoisotopic (exact) mass is 437 g/mol. The minimum Gasteiger partial charge on any atom is -0.496 e. The average molecular weight is 438 g/mol. The summed E-state index contributed by atoms with van der Waals surface area (Å²) in [4.78, 5) is 27.1. The number of nitrogens with zero attached hydrogens (tertiary/aromatic N) is 3. The Morgan fingerprint density at radius 3 is 2.55 bits per heavy atom. The predicted octanol–water partition coefficient (Wildman–Crippen LogP) is 4.12. The second-order valence-corrected chi connectivity index (χ2v) is 8.12. The van der Waals surface area contributed by atoms with Gasteiger partial charge in [-0.2, -0.15) is 5.10 Å². The molecule has 0 saturated carbocycles. The second-order valence-electron chi connectivity index (χ2n) is 7.69. The lowest BCUT2D eigenvalue weighted by atomic mass is 9.96. The number of amides is 1. The van der Waals surface area contributed by atoms with E-state index in [0.29, 0.717) is 36.0 Å². The van der Waals surface area contributed by atoms with Crippen molar-refractivity contribution in [3.8, 4) is 17.0 Å². The number of rotatable bonds is 5. The number of ether oxygens (including phenoxy) is 1. The zero-order valence-electron chi connectivity index (χ0n) is 17.3. The number of aromatic nitrogens is 2. The van der Waals surface area contributed by atoms with Crippen molar-refractivity contribution in [1.29, 1.82) is 0 Å². The number of benzene rings is 2. The molecule has 31 heavy (non-hydrogen) atoms. The van der Waals surface area contributed by atoms with Gasteiger partial charge in [0, 0.05) is 36.3 Å². The molecule has 1 aliphatic rings. The van der Waals surface area contributed by atoms with Gasteiger partial charge in [0.1, 0.15) is 5.75 Å². The lowest BCUT2D eigenvalue weighted by Gasteiger charge is -2.32. The fourth-order valence-corrected chi connectivity index (χ4v) is 4.10. The van der Waals surface area contributed by atoms with E-state index in [-0.39, 0.29) is 17.4 Å². The summed E-state index contributed by atoms with van der Waals surface area (Å²) in [5.41, 5.74) is 2.12. The third kappa shape index (κ3) is 4.80. The summed E-state index contributed by atoms with van der Waals surface area (Å²) >= 11 is 6.08. The number of methoxy groups -OCH3 is 1. The van der Waals surface area contributed by atoms with Crippen LogP contribution >= 0.6 is 11.6 Å². The van der Waals surface area contributed by atoms with Crippen molar-refractivity contribution in [2.75, 3.05) is 20.2 Å². The highest BCUT2D eigenvalue weighted by Crippen LogP contribution is 2.27. The summed E-state index contributed by atoms with van der Waals surface area (Å²) in [5.74, 6) is 0.714. The van der Waals surface area contributed by atoms with Crippen LogP contribution in [-0.4, -0.2) is 40.8 Å². The van der Waals surface area contributed by atoms with Gasteiger partial charge in [-0.15, -0.1) is 0 Å². The summed E-state index contributed by atoms with van der Waals surface area (Å²) in [5, 5.41) is 5.07. The van der Waals surface area contributed by atoms with Crippen LogP contribution in [0, 0.1) is 5.92 Å². The molecule has 0 unspecified atom stereocenters. The molecule has 1 fully saturated rings. The summed E-state index contributed by atoms with van der Waals surface area (Å²) in [6.45, 7) is 1.78. The highest BCUT2D eigenvalue weighted by atomic mass is 35.5. The third-order valence-electron chi connectivity index (χ3n) is 5.66. The molecule has 0 spiro atoms. The third-order valence-corrected chi connectivity index (χ3v) is 5.90. The Hall–Kier alpha value is -3.12. The minimum atomic E-state index is -0.109. The molecule has 3 aromatic rings. The second kappa shape index (κ2) is 9.35. The maximum atomic E-state index is 13.0. The standard InChI is InChI=1S/C24H24ClN3O3/c1-31-22-9-7-19(25)15-20(22)24(30)27-13-11-17(12-14-27)16-28-23(29)10-8-21(26-28)18-5-3-2-4-6-18/h2-10,15,17H,11-14,16H2,1H3. The maximum absolute atomic E-state index is 13.0. The zero-order chi connectivity index (χ0) is 21.8. The van der Waals surface area contributed by atoms with Crippen LogP contribution in [0.4, 0.5) is 0 Å². The van der Waals surface area contributed by atoms with Gasteiger partial charge < -0.3 is 9.64 Å². The van der Waals surface area contributed by atoms with Crippen LogP contribution in [0.25, 0.3) is 11.3 Å². The molecule has 1 amide bonds. The molecule has 1 saturated heterocycles. The highest BCUT2D eigenvalue weighted by molar-refractivity contribution is 6.31. The number of carbonyl (C=O) groups is 1. The molecule has 6 nitrogen and oxygen atoms in total. The quantitative estimate of drug-likeness (QED) is 0.602. The van der Waals surface area contributed by atoms with Gasteiger partial charge in [-0.25, -0.2) is 4.68 Å². The van der Waals surface area contributed by atoms with E-state index in [9.17, 15) is 9.59 Å². The van der Waals surface area contributed by atoms with Crippen LogP contribution in [0.5, 0.6) is 5.75 Å². The van der Waals surface area contributed by atoms with Gasteiger partial charge in [-0.3, -0.25) is 9.59 Å². The molecule has 1 aromatic heterocycles. The van der Waals surface area contributed by atoms with Gasteiger partial charge in [0.2, 0.25) is 0 Å². The van der Waals surface area contributed by atoms with E-state index in [2.05, 4.69) is 5.10 Å². The predicted molar refractivity (Wildman–Crippen MR) is 121 cm³/mol. The van der Waals surface area contributed by atoms with Crippen molar-refractivity contribution >= 4 is 17.5 Å². The molecule has 2 heterocycles. The Morgan fingerprint density at radius 2 is 1.84 bits per heavy atom. The molecule has 2 aromatic carbocycles. The smallest absolute Gasteiger partial charge is 0.266 e. The van der Waals surface area contributed by atoms with Gasteiger partial charge in [0.05, 0.1) is 18.4 Å². The summed E-state index contributed by atoms with van der Waals surface area (Å²) in [6.07, 6.45) is 1.61. The van der Waals surface area contributed by atoms with Crippen molar-refractivity contribution in [2.45, 2.75) is 19.4 Å². The van der Waals surface area contributed by atoms with E-state index in [4.69, 9.17) is 16.3 Å². The Labute approximate surface area is 186 Å². The van der Waals surface area contributed by atoms with Crippen molar-refractivity contribution < 1.29 is 9.53 Å². The molecule has 0 atom stereocenters. The zero-order valence-corrected chi connectivity index (χ0v) is 18.1. The average Bonchev–Trinajstić information content (AvgIpc) is 2.81. The molecule has 1 aliphatic heterocycles. The lowest BCUT2D eigenvalue weighted by molar-refractivity contribution is 0.0677. The first-order valence-electron chi connectivity index (χ1n) is 10.3. The Morgan fingerprint density at radius 1 is 1.10 bits per heavy atom. The van der Waals surface area contributed by atoms with Crippen LogP contribution in [0.2, 0.25) is 5.02 Å². The topological polar surface area (TPSA) is 64.4 Å². The summed E-state index contributed by atoms with van der Waals surface area (Å²) < 4.78 is 6.87. The van der Waals surface area contributed by atoms with E-state index in [1.54, 1.807) is 42.1 Å². The first-order valence-corrected chi connectivity index (χ1v) is 10.7. The maximum Gasteiger partial charge on any atom is 0.266 e. The lowest BCUT2D eigenvalue weighted by Crippen LogP contribution is -2.40. The van der Waals surface area contributed by atoms with Crippen LogP contribution in [-0.2, 0) is 6.54 Å². The fourth-order valence-electron chi connectivity index (χ4n) is 3.92. The van der Waals surface area contributed by atoms with Gasteiger partial charge in [0.25, 0.3) is 11.5 Å². The van der Waals surface area contributed by atoms with Gasteiger partial charge in [-0.05, 0) is 43.0 Å². The van der Waals surface area contributed by atoms with Crippen molar-refractivity contribution in [1.82, 2.24) is 14.7 Å². The highest BCUT2D eigenvalue weighted by Gasteiger charge is 2.26. The summed E-state index contributed by atoms with van der Waals surface area (Å²) in [7, 11) is 1.54. The molecule has 4 rings (SSSR count). The molecule has 7 heteroatoms. The normalized spacial score (nSPS) is 14.5. The molecule has 0 bridgehead atoms. The molecular formula is C24H24ClN3O3. The number of piperidine rings is 1. The van der Waals surface area contributed by atoms with E-state index < -0.39 is 0 Å². The van der Waals surface area contributed by atoms with Gasteiger partial charge in [-0.1, -0.05) is 41.9 Å². The summed E-state index contributed by atoms with van der Waals surface area (Å²) in [6, 6.07) is 18.2. The first-order chi connectivity index (χ1) is 15.0. The number of carbonyl (C=O) groups excluding carboxylic acids is 1. The molecule has 0 aliphatic carbocycles. The van der Waals surface area contributed by atoms with Crippen molar-refractivity contribution in [3.63, 3.8) is 0 Å². The first kappa shape index (κ1) is 21.1. The van der Waals surface area contributed by atoms with Crippen LogP contribution in [0.15, 0.2) is 65.5 Å². The van der Waals surface area contributed by atoms with Crippen LogP contribution in [0.3, 0.4) is 0 Å². The van der Waals surface area contributed by atoms with Crippen LogP contribution in [0.1, 0.15) is 23.2 Å². The van der Waals surface area contributed by atoms with E-state index in [0.717, 1.165) is 24.1 Å². The SMILES string of the molecule is COc1ccc(Cl)cc1C(=O)N1CCC(Cn2nc(-c3ccccc3)ccc2=O)CC1. The van der Waals surface area contributed by atoms with E-state index >= 15 is 0 Å². The molecule has 160 valence electrons. The molecular weight excluding hydrogens is 414 g/mol. The number of hydrogen-bond acceptors (Lipinski definition) is 4. The number of likely N-dealkylation sites (tertiary alicyclic amines) is 1. The number of hydrogen-bond donors (Lipinski definition) is 0. The fraction of sp³-hybridized carbons (Fsp3) is 0.292. The van der Waals surface area contributed by atoms with E-state index in [1.807, 2.05) is 35.2 Å². The van der Waals surface area contributed by atoms with Crippen LogP contribution < -0.4 is 10.3 Å². The molecule has 0 radical (unpaired) electrons. The van der Waals surface area contributed by atoms with Crippen molar-refractivity contribution in [3.05, 3.63) is 81.6 Å². The van der Waals surface area contributed by atoms with Crippen molar-refractivity contribution in [2.24, 2.45) is 5.92 Å².